The molecule has 0 aromatic carbocycles. The van der Waals surface area contributed by atoms with Crippen LogP contribution in [0.5, 0.6) is 0 Å². The molecule has 0 bridgehead atoms. The zero-order valence-electron chi connectivity index (χ0n) is 13.6. The number of amides is 1. The summed E-state index contributed by atoms with van der Waals surface area (Å²) >= 11 is 0. The van der Waals surface area contributed by atoms with Crippen molar-refractivity contribution in [3.63, 3.8) is 0 Å². The molecule has 1 aliphatic heterocycles. The van der Waals surface area contributed by atoms with Crippen molar-refractivity contribution in [3.8, 4) is 0 Å². The number of piperidine rings is 1. The first-order valence-electron chi connectivity index (χ1n) is 8.59. The number of aromatic amines is 1. The van der Waals surface area contributed by atoms with E-state index >= 15 is 0 Å². The fourth-order valence-corrected chi connectivity index (χ4v) is 3.83. The van der Waals surface area contributed by atoms with E-state index in [2.05, 4.69) is 20.5 Å². The number of hydrogen-bond donors (Lipinski definition) is 2. The van der Waals surface area contributed by atoms with Crippen molar-refractivity contribution < 1.29 is 9.90 Å². The predicted molar refractivity (Wildman–Crippen MR) is 85.1 cm³/mol. The fourth-order valence-electron chi connectivity index (χ4n) is 3.83. The van der Waals surface area contributed by atoms with Crippen molar-refractivity contribution in [1.82, 2.24) is 30.1 Å². The molecule has 2 aliphatic rings. The van der Waals surface area contributed by atoms with Crippen LogP contribution in [0.4, 0.5) is 0 Å². The van der Waals surface area contributed by atoms with Crippen LogP contribution in [0.15, 0.2) is 18.5 Å². The Hall–Kier alpha value is -2.22. The molecule has 128 valence electrons. The van der Waals surface area contributed by atoms with E-state index in [-0.39, 0.29) is 12.5 Å². The second-order valence-electron chi connectivity index (χ2n) is 6.84. The minimum atomic E-state index is -1.14. The number of nitrogens with zero attached hydrogens (tertiary/aromatic N) is 5. The summed E-state index contributed by atoms with van der Waals surface area (Å²) in [5.41, 5.74) is -0.211. The normalized spacial score (nSPS) is 25.3. The number of likely N-dealkylation sites (tertiary alicyclic amines) is 1. The third-order valence-electron chi connectivity index (χ3n) is 5.18. The lowest BCUT2D eigenvalue weighted by Gasteiger charge is -2.37. The number of aromatic nitrogens is 5. The number of hydrogen-bond acceptors (Lipinski definition) is 5. The molecule has 3 heterocycles. The van der Waals surface area contributed by atoms with Gasteiger partial charge in [0.25, 0.3) is 5.91 Å². The van der Waals surface area contributed by atoms with Crippen LogP contribution < -0.4 is 0 Å². The van der Waals surface area contributed by atoms with Gasteiger partial charge in [-0.3, -0.25) is 9.48 Å². The van der Waals surface area contributed by atoms with Crippen molar-refractivity contribution in [2.24, 2.45) is 0 Å². The molecule has 0 unspecified atom stereocenters. The van der Waals surface area contributed by atoms with Gasteiger partial charge >= 0.3 is 0 Å². The summed E-state index contributed by atoms with van der Waals surface area (Å²) in [5, 5.41) is 25.6. The standard InChI is InChI=1S/C16H22N6O2/c23-15(13-6-9-22(19-13)12-4-1-2-5-12)21-8-3-7-16(24,11-21)14-10-17-20-18-14/h6,9-10,12,24H,1-5,7-8,11H2,(H,17,18,20)/t16-/m1/s1. The second kappa shape index (κ2) is 6.01. The van der Waals surface area contributed by atoms with Crippen molar-refractivity contribution in [2.75, 3.05) is 13.1 Å². The lowest BCUT2D eigenvalue weighted by atomic mass is 9.90. The molecular weight excluding hydrogens is 308 g/mol. The molecule has 2 aromatic heterocycles. The Morgan fingerprint density at radius 1 is 1.33 bits per heavy atom. The number of aliphatic hydroxyl groups is 1. The Balaban J connectivity index is 1.50. The Bertz CT molecular complexity index is 706. The third kappa shape index (κ3) is 2.71. The first kappa shape index (κ1) is 15.3. The lowest BCUT2D eigenvalue weighted by Crippen LogP contribution is -2.48. The van der Waals surface area contributed by atoms with Crippen LogP contribution in [0.25, 0.3) is 0 Å². The van der Waals surface area contributed by atoms with Gasteiger partial charge in [0.1, 0.15) is 17.0 Å². The highest BCUT2D eigenvalue weighted by atomic mass is 16.3. The molecule has 2 N–H and O–H groups in total. The molecule has 1 saturated heterocycles. The number of H-pyrrole nitrogens is 1. The van der Waals surface area contributed by atoms with E-state index in [1.54, 1.807) is 11.0 Å². The number of rotatable bonds is 3. The Labute approximate surface area is 139 Å². The van der Waals surface area contributed by atoms with Crippen LogP contribution >= 0.6 is 0 Å². The van der Waals surface area contributed by atoms with E-state index in [1.807, 2.05) is 10.9 Å². The first-order valence-corrected chi connectivity index (χ1v) is 8.59. The molecule has 4 rings (SSSR count). The maximum Gasteiger partial charge on any atom is 0.274 e. The molecular formula is C16H22N6O2. The first-order chi connectivity index (χ1) is 11.7. The van der Waals surface area contributed by atoms with Crippen LogP contribution in [-0.2, 0) is 5.60 Å². The molecule has 24 heavy (non-hydrogen) atoms. The number of nitrogens with one attached hydrogen (secondary N) is 1. The quantitative estimate of drug-likeness (QED) is 0.882. The van der Waals surface area contributed by atoms with Gasteiger partial charge in [0, 0.05) is 12.7 Å². The van der Waals surface area contributed by atoms with Crippen molar-refractivity contribution in [2.45, 2.75) is 50.2 Å². The highest BCUT2D eigenvalue weighted by Crippen LogP contribution is 2.31. The van der Waals surface area contributed by atoms with Gasteiger partial charge in [-0.25, -0.2) is 0 Å². The number of carbonyl (C=O) groups is 1. The third-order valence-corrected chi connectivity index (χ3v) is 5.18. The van der Waals surface area contributed by atoms with Crippen LogP contribution in [0.3, 0.4) is 0 Å². The highest BCUT2D eigenvalue weighted by Gasteiger charge is 2.39. The summed E-state index contributed by atoms with van der Waals surface area (Å²) in [6.07, 6.45) is 9.42. The maximum absolute atomic E-state index is 12.8. The molecule has 0 spiro atoms. The van der Waals surface area contributed by atoms with E-state index in [1.165, 1.54) is 19.0 Å². The van der Waals surface area contributed by atoms with Gasteiger partial charge in [-0.2, -0.15) is 20.5 Å². The summed E-state index contributed by atoms with van der Waals surface area (Å²) in [6, 6.07) is 2.20. The SMILES string of the molecule is O=C(c1ccn(C2CCCC2)n1)N1CCC[C@](O)(c2cn[nH]n2)C1. The molecule has 2 fully saturated rings. The van der Waals surface area contributed by atoms with Gasteiger partial charge in [-0.05, 0) is 31.7 Å². The lowest BCUT2D eigenvalue weighted by molar-refractivity contribution is -0.0322. The topological polar surface area (TPSA) is 99.9 Å². The van der Waals surface area contributed by atoms with E-state index in [0.29, 0.717) is 30.4 Å². The highest BCUT2D eigenvalue weighted by molar-refractivity contribution is 5.92. The minimum absolute atomic E-state index is 0.131. The van der Waals surface area contributed by atoms with Gasteiger partial charge in [-0.1, -0.05) is 12.8 Å². The van der Waals surface area contributed by atoms with E-state index in [0.717, 1.165) is 19.3 Å². The zero-order chi connectivity index (χ0) is 16.6. The summed E-state index contributed by atoms with van der Waals surface area (Å²) in [7, 11) is 0. The Morgan fingerprint density at radius 2 is 2.17 bits per heavy atom. The number of carbonyl (C=O) groups excluding carboxylic acids is 1. The van der Waals surface area contributed by atoms with Crippen molar-refractivity contribution >= 4 is 5.91 Å². The van der Waals surface area contributed by atoms with E-state index in [9.17, 15) is 9.90 Å². The van der Waals surface area contributed by atoms with Gasteiger partial charge in [-0.15, -0.1) is 0 Å². The van der Waals surface area contributed by atoms with Crippen LogP contribution in [0, 0.1) is 0 Å². The van der Waals surface area contributed by atoms with Crippen molar-refractivity contribution in [1.29, 1.82) is 0 Å². The second-order valence-corrected chi connectivity index (χ2v) is 6.84. The van der Waals surface area contributed by atoms with Crippen molar-refractivity contribution in [3.05, 3.63) is 29.8 Å². The van der Waals surface area contributed by atoms with Crippen LogP contribution in [0.1, 0.15) is 60.7 Å². The molecule has 1 atom stereocenters. The van der Waals surface area contributed by atoms with Crippen LogP contribution in [-0.4, -0.2) is 54.2 Å². The molecule has 1 aliphatic carbocycles. The summed E-state index contributed by atoms with van der Waals surface area (Å²) in [5.74, 6) is -0.131. The molecule has 1 amide bonds. The molecule has 0 radical (unpaired) electrons. The monoisotopic (exact) mass is 330 g/mol. The van der Waals surface area contributed by atoms with Gasteiger partial charge in [0.15, 0.2) is 0 Å². The van der Waals surface area contributed by atoms with Gasteiger partial charge in [0.2, 0.25) is 0 Å². The Kier molecular flexibility index (Phi) is 3.84. The molecule has 2 aromatic rings. The summed E-state index contributed by atoms with van der Waals surface area (Å²) < 4.78 is 1.92. The summed E-state index contributed by atoms with van der Waals surface area (Å²) in [6.45, 7) is 0.837. The largest absolute Gasteiger partial charge is 0.382 e. The average molecular weight is 330 g/mol. The fraction of sp³-hybridized carbons (Fsp3) is 0.625. The van der Waals surface area contributed by atoms with Gasteiger partial charge in [0.05, 0.1) is 18.8 Å². The summed E-state index contributed by atoms with van der Waals surface area (Å²) in [4.78, 5) is 14.4. The zero-order valence-corrected chi connectivity index (χ0v) is 13.6. The maximum atomic E-state index is 12.8. The average Bonchev–Trinajstić information content (AvgIpc) is 3.36. The number of β-amino-alcohol motifs (C(OH)–C–C–N with tert-alkyl or cyclic N) is 1. The molecule has 8 heteroatoms. The van der Waals surface area contributed by atoms with E-state index in [4.69, 9.17) is 0 Å². The molecule has 1 saturated carbocycles. The van der Waals surface area contributed by atoms with Crippen LogP contribution in [0.2, 0.25) is 0 Å². The smallest absolute Gasteiger partial charge is 0.274 e. The predicted octanol–water partition coefficient (Wildman–Crippen LogP) is 1.24. The van der Waals surface area contributed by atoms with Gasteiger partial charge < -0.3 is 10.0 Å². The Morgan fingerprint density at radius 3 is 2.92 bits per heavy atom. The minimum Gasteiger partial charge on any atom is -0.382 e. The van der Waals surface area contributed by atoms with E-state index < -0.39 is 5.60 Å². The molecule has 8 nitrogen and oxygen atoms in total.